The van der Waals surface area contributed by atoms with E-state index in [1.165, 1.54) is 28.1 Å². The molecule has 0 unspecified atom stereocenters. The van der Waals surface area contributed by atoms with E-state index in [1.54, 1.807) is 13.2 Å². The van der Waals surface area contributed by atoms with Crippen LogP contribution in [0.4, 0.5) is 0 Å². The highest BCUT2D eigenvalue weighted by Gasteiger charge is 2.32. The van der Waals surface area contributed by atoms with E-state index in [1.807, 2.05) is 78.9 Å². The van der Waals surface area contributed by atoms with Gasteiger partial charge in [-0.05, 0) is 35.9 Å². The van der Waals surface area contributed by atoms with Gasteiger partial charge in [0.2, 0.25) is 5.91 Å². The Labute approximate surface area is 210 Å². The summed E-state index contributed by atoms with van der Waals surface area (Å²) in [7, 11) is 1.60. The molecule has 4 aromatic rings. The number of amidine groups is 1. The molecule has 35 heavy (non-hydrogen) atoms. The van der Waals surface area contributed by atoms with E-state index >= 15 is 0 Å². The summed E-state index contributed by atoms with van der Waals surface area (Å²) >= 11 is 2.87. The third kappa shape index (κ3) is 5.11. The van der Waals surface area contributed by atoms with Crippen molar-refractivity contribution in [2.45, 2.75) is 4.34 Å². The summed E-state index contributed by atoms with van der Waals surface area (Å²) in [6.07, 6.45) is 1.69. The van der Waals surface area contributed by atoms with E-state index in [2.05, 4.69) is 15.4 Å². The number of carbonyl (C=O) groups is 2. The zero-order chi connectivity index (χ0) is 24.2. The van der Waals surface area contributed by atoms with Gasteiger partial charge in [0.1, 0.15) is 11.4 Å². The molecule has 2 heterocycles. The van der Waals surface area contributed by atoms with Crippen molar-refractivity contribution in [2.75, 3.05) is 12.9 Å². The standard InChI is InChI=1S/C26H20N4O3S2/c1-33-19-13-11-17(12-14-19)15-21-25(32)30(24(27-21)18-7-3-2-4-8-18)29-23(31)16-34-26-28-20-9-5-6-10-22(20)35-26/h2-15H,16H2,1H3,(H,29,31)/b21-15-. The smallest absolute Gasteiger partial charge is 0.297 e. The first-order valence-electron chi connectivity index (χ1n) is 10.7. The van der Waals surface area contributed by atoms with Crippen LogP contribution in [-0.4, -0.2) is 40.5 Å². The number of amides is 2. The Balaban J connectivity index is 1.34. The first kappa shape index (κ1) is 22.8. The number of benzene rings is 3. The van der Waals surface area contributed by atoms with Gasteiger partial charge in [-0.1, -0.05) is 66.4 Å². The highest BCUT2D eigenvalue weighted by Crippen LogP contribution is 2.29. The van der Waals surface area contributed by atoms with Gasteiger partial charge in [0.25, 0.3) is 5.91 Å². The van der Waals surface area contributed by atoms with Crippen molar-refractivity contribution < 1.29 is 14.3 Å². The number of ether oxygens (including phenoxy) is 1. The number of rotatable bonds is 7. The molecule has 0 spiro atoms. The number of methoxy groups -OCH3 is 1. The highest BCUT2D eigenvalue weighted by atomic mass is 32.2. The Morgan fingerprint density at radius 3 is 2.54 bits per heavy atom. The zero-order valence-corrected chi connectivity index (χ0v) is 20.3. The largest absolute Gasteiger partial charge is 0.497 e. The van der Waals surface area contributed by atoms with Crippen LogP contribution < -0.4 is 10.2 Å². The minimum absolute atomic E-state index is 0.114. The van der Waals surface area contributed by atoms with Gasteiger partial charge in [-0.15, -0.1) is 11.3 Å². The number of aliphatic imine (C=N–C) groups is 1. The number of hydrazine groups is 1. The summed E-state index contributed by atoms with van der Waals surface area (Å²) in [4.78, 5) is 35.1. The predicted octanol–water partition coefficient (Wildman–Crippen LogP) is 4.76. The number of thioether (sulfide) groups is 1. The van der Waals surface area contributed by atoms with Crippen molar-refractivity contribution in [3.8, 4) is 5.75 Å². The van der Waals surface area contributed by atoms with Gasteiger partial charge < -0.3 is 4.74 Å². The molecule has 0 bridgehead atoms. The Hall–Kier alpha value is -3.95. The zero-order valence-electron chi connectivity index (χ0n) is 18.7. The minimum atomic E-state index is -0.405. The van der Waals surface area contributed by atoms with Crippen molar-refractivity contribution in [2.24, 2.45) is 4.99 Å². The van der Waals surface area contributed by atoms with Crippen LogP contribution in [0.1, 0.15) is 11.1 Å². The molecular formula is C26H20N4O3S2. The maximum Gasteiger partial charge on any atom is 0.297 e. The Morgan fingerprint density at radius 1 is 1.06 bits per heavy atom. The average Bonchev–Trinajstić information content (AvgIpc) is 3.45. The summed E-state index contributed by atoms with van der Waals surface area (Å²) in [5.74, 6) is 0.477. The van der Waals surface area contributed by atoms with Gasteiger partial charge in [0.15, 0.2) is 10.2 Å². The van der Waals surface area contributed by atoms with E-state index in [9.17, 15) is 9.59 Å². The molecule has 1 aliphatic rings. The molecule has 9 heteroatoms. The molecule has 174 valence electrons. The molecule has 0 saturated heterocycles. The normalized spacial score (nSPS) is 14.4. The quantitative estimate of drug-likeness (QED) is 0.292. The van der Waals surface area contributed by atoms with E-state index in [0.717, 1.165) is 31.4 Å². The third-order valence-electron chi connectivity index (χ3n) is 5.15. The third-order valence-corrected chi connectivity index (χ3v) is 7.33. The van der Waals surface area contributed by atoms with Crippen LogP contribution in [-0.2, 0) is 9.59 Å². The van der Waals surface area contributed by atoms with Crippen LogP contribution in [0.25, 0.3) is 16.3 Å². The fourth-order valence-electron chi connectivity index (χ4n) is 3.46. The Bertz CT molecular complexity index is 1410. The summed E-state index contributed by atoms with van der Waals surface area (Å²) < 4.78 is 7.06. The lowest BCUT2D eigenvalue weighted by Gasteiger charge is -2.19. The molecule has 1 aromatic heterocycles. The van der Waals surface area contributed by atoms with Crippen LogP contribution in [0.15, 0.2) is 93.9 Å². The number of fused-ring (bicyclic) bond motifs is 1. The van der Waals surface area contributed by atoms with E-state index < -0.39 is 5.91 Å². The number of nitrogens with zero attached hydrogens (tertiary/aromatic N) is 3. The summed E-state index contributed by atoms with van der Waals surface area (Å²) in [6, 6.07) is 24.4. The summed E-state index contributed by atoms with van der Waals surface area (Å²) in [5.41, 5.74) is 5.38. The summed E-state index contributed by atoms with van der Waals surface area (Å²) in [5, 5.41) is 1.21. The van der Waals surface area contributed by atoms with Gasteiger partial charge in [-0.2, -0.15) is 5.01 Å². The number of hydrogen-bond acceptors (Lipinski definition) is 7. The van der Waals surface area contributed by atoms with E-state index in [0.29, 0.717) is 5.84 Å². The van der Waals surface area contributed by atoms with Gasteiger partial charge in [0.05, 0.1) is 23.1 Å². The van der Waals surface area contributed by atoms with Crippen molar-refractivity contribution in [3.63, 3.8) is 0 Å². The topological polar surface area (TPSA) is 83.9 Å². The number of hydrogen-bond donors (Lipinski definition) is 1. The molecule has 1 N–H and O–H groups in total. The Kier molecular flexibility index (Phi) is 6.60. The molecule has 1 aliphatic heterocycles. The fourth-order valence-corrected chi connectivity index (χ4v) is 5.32. The lowest BCUT2D eigenvalue weighted by atomic mass is 10.2. The molecule has 5 rings (SSSR count). The van der Waals surface area contributed by atoms with Crippen LogP contribution in [0.2, 0.25) is 0 Å². The molecule has 3 aromatic carbocycles. The van der Waals surface area contributed by atoms with E-state index in [4.69, 9.17) is 4.74 Å². The number of thiazole rings is 1. The molecule has 0 aliphatic carbocycles. The summed E-state index contributed by atoms with van der Waals surface area (Å²) in [6.45, 7) is 0. The van der Waals surface area contributed by atoms with Gasteiger partial charge in [0, 0.05) is 5.56 Å². The van der Waals surface area contributed by atoms with E-state index in [-0.39, 0.29) is 17.4 Å². The monoisotopic (exact) mass is 500 g/mol. The second-order valence-corrected chi connectivity index (χ2v) is 9.77. The first-order valence-corrected chi connectivity index (χ1v) is 12.5. The number of para-hydroxylation sites is 1. The molecule has 0 saturated carbocycles. The molecule has 2 amide bonds. The lowest BCUT2D eigenvalue weighted by molar-refractivity contribution is -0.132. The van der Waals surface area contributed by atoms with Crippen molar-refractivity contribution >= 4 is 57.0 Å². The molecule has 7 nitrogen and oxygen atoms in total. The van der Waals surface area contributed by atoms with Crippen LogP contribution >= 0.6 is 23.1 Å². The predicted molar refractivity (Wildman–Crippen MR) is 139 cm³/mol. The lowest BCUT2D eigenvalue weighted by Crippen LogP contribution is -2.48. The molecule has 0 fully saturated rings. The maximum absolute atomic E-state index is 13.2. The van der Waals surface area contributed by atoms with Crippen LogP contribution in [0.5, 0.6) is 5.75 Å². The second kappa shape index (κ2) is 10.1. The van der Waals surface area contributed by atoms with Gasteiger partial charge >= 0.3 is 0 Å². The maximum atomic E-state index is 13.2. The Morgan fingerprint density at radius 2 is 1.80 bits per heavy atom. The number of carbonyl (C=O) groups excluding carboxylic acids is 2. The SMILES string of the molecule is COc1ccc(/C=C2\N=C(c3ccccc3)N(NC(=O)CSc3nc4ccccc4s3)C2=O)cc1. The first-order chi connectivity index (χ1) is 17.1. The molecular weight excluding hydrogens is 480 g/mol. The highest BCUT2D eigenvalue weighted by molar-refractivity contribution is 8.01. The van der Waals surface area contributed by atoms with Crippen LogP contribution in [0.3, 0.4) is 0 Å². The van der Waals surface area contributed by atoms with Crippen molar-refractivity contribution in [3.05, 3.63) is 95.7 Å². The number of aromatic nitrogens is 1. The second-order valence-electron chi connectivity index (χ2n) is 7.52. The van der Waals surface area contributed by atoms with Crippen molar-refractivity contribution in [1.82, 2.24) is 15.4 Å². The molecule has 0 radical (unpaired) electrons. The fraction of sp³-hybridized carbons (Fsp3) is 0.0769. The van der Waals surface area contributed by atoms with Crippen molar-refractivity contribution in [1.29, 1.82) is 0 Å². The van der Waals surface area contributed by atoms with Crippen LogP contribution in [0, 0.1) is 0 Å². The average molecular weight is 501 g/mol. The van der Waals surface area contributed by atoms with Gasteiger partial charge in [-0.3, -0.25) is 15.0 Å². The number of nitrogens with one attached hydrogen (secondary N) is 1. The minimum Gasteiger partial charge on any atom is -0.497 e. The van der Waals surface area contributed by atoms with Gasteiger partial charge in [-0.25, -0.2) is 9.98 Å². The molecule has 0 atom stereocenters.